The predicted molar refractivity (Wildman–Crippen MR) is 25.9 cm³/mol. The Morgan fingerprint density at radius 3 is 2.00 bits per heavy atom. The van der Waals surface area contributed by atoms with Gasteiger partial charge in [-0.3, -0.25) is 0 Å². The molecule has 0 amide bonds. The normalized spacial score (nSPS) is 6.43. The Morgan fingerprint density at radius 1 is 1.86 bits per heavy atom. The molecule has 0 aliphatic heterocycles. The van der Waals surface area contributed by atoms with Crippen LogP contribution in [0.25, 0.3) is 0 Å². The second-order valence-corrected chi connectivity index (χ2v) is 0.710. The molecular formula is C3H5CaFO2. The Labute approximate surface area is 73.0 Å². The van der Waals surface area contributed by atoms with E-state index in [2.05, 4.69) is 6.58 Å². The Morgan fingerprint density at radius 2 is 2.00 bits per heavy atom. The van der Waals surface area contributed by atoms with Crippen LogP contribution in [0.2, 0.25) is 0 Å². The number of carbonyl (C=O) groups is 1. The number of aliphatic carboxylic acids is 1. The molecule has 0 radical (unpaired) electrons. The van der Waals surface area contributed by atoms with Crippen molar-refractivity contribution in [1.29, 1.82) is 0 Å². The van der Waals surface area contributed by atoms with E-state index in [1.165, 1.54) is 0 Å². The second-order valence-electron chi connectivity index (χ2n) is 0.710. The molecule has 0 aromatic rings. The summed E-state index contributed by atoms with van der Waals surface area (Å²) in [5, 5.41) is 7.52. The third kappa shape index (κ3) is 6.40. The van der Waals surface area contributed by atoms with Crippen molar-refractivity contribution in [2.45, 2.75) is 0 Å². The maximum absolute atomic E-state index is 11.0. The van der Waals surface area contributed by atoms with E-state index >= 15 is 0 Å². The number of carboxylic acid groups (broad SMARTS) is 1. The first-order valence-electron chi connectivity index (χ1n) is 1.22. The average Bonchev–Trinajstić information content (AvgIpc) is 1.36. The van der Waals surface area contributed by atoms with Crippen LogP contribution >= 0.6 is 0 Å². The van der Waals surface area contributed by atoms with E-state index in [4.69, 9.17) is 5.11 Å². The Balaban J connectivity index is -0.0000000417. The van der Waals surface area contributed by atoms with Crippen LogP contribution in [-0.4, -0.2) is 48.8 Å². The average molecular weight is 132 g/mol. The molecule has 0 atom stereocenters. The molecule has 0 bridgehead atoms. The molecule has 0 aromatic carbocycles. The molecule has 38 valence electrons. The van der Waals surface area contributed by atoms with Gasteiger partial charge in [0.05, 0.1) is 0 Å². The van der Waals surface area contributed by atoms with Crippen molar-refractivity contribution in [1.82, 2.24) is 0 Å². The molecule has 0 spiro atoms. The van der Waals surface area contributed by atoms with Crippen LogP contribution in [0.5, 0.6) is 0 Å². The van der Waals surface area contributed by atoms with Crippen LogP contribution in [0, 0.1) is 0 Å². The van der Waals surface area contributed by atoms with Gasteiger partial charge in [-0.2, -0.15) is 4.39 Å². The molecule has 0 saturated heterocycles. The molecule has 0 rings (SSSR count). The van der Waals surface area contributed by atoms with Crippen LogP contribution in [0.15, 0.2) is 12.4 Å². The molecule has 0 heterocycles. The minimum absolute atomic E-state index is 0. The molecule has 2 nitrogen and oxygen atoms in total. The minimum atomic E-state index is -1.60. The zero-order valence-corrected chi connectivity index (χ0v) is 5.86. The predicted octanol–water partition coefficient (Wildman–Crippen LogP) is 0.398. The minimum Gasteiger partial charge on any atom is -1.00 e. The molecule has 7 heavy (non-hydrogen) atoms. The van der Waals surface area contributed by atoms with Gasteiger partial charge in [0.15, 0.2) is 0 Å². The third-order valence-electron chi connectivity index (χ3n) is 0.232. The standard InChI is InChI=1S/C3H3FO2.Ca.2H/c1-2(4)3(5)6;;;/h1H2,(H,5,6);;;/q;+2;2*-1. The summed E-state index contributed by atoms with van der Waals surface area (Å²) in [6.07, 6.45) is 0. The summed E-state index contributed by atoms with van der Waals surface area (Å²) in [5.74, 6) is -2.93. The van der Waals surface area contributed by atoms with Crippen molar-refractivity contribution in [3.8, 4) is 0 Å². The van der Waals surface area contributed by atoms with E-state index in [9.17, 15) is 9.18 Å². The van der Waals surface area contributed by atoms with Gasteiger partial charge in [-0.05, 0) is 0 Å². The van der Waals surface area contributed by atoms with Gasteiger partial charge in [-0.1, -0.05) is 6.58 Å². The summed E-state index contributed by atoms with van der Waals surface area (Å²) in [4.78, 5) is 9.22. The van der Waals surface area contributed by atoms with Crippen molar-refractivity contribution < 1.29 is 17.1 Å². The third-order valence-corrected chi connectivity index (χ3v) is 0.232. The Kier molecular flexibility index (Phi) is 6.77. The smallest absolute Gasteiger partial charge is 1.00 e. The van der Waals surface area contributed by atoms with Gasteiger partial charge in [0, 0.05) is 0 Å². The van der Waals surface area contributed by atoms with Gasteiger partial charge in [0.25, 0.3) is 0 Å². The topological polar surface area (TPSA) is 37.3 Å². The SMILES string of the molecule is C=C(F)C(=O)O.[Ca+2].[H-].[H-]. The fraction of sp³-hybridized carbons (Fsp3) is 0. The van der Waals surface area contributed by atoms with Crippen LogP contribution in [0.1, 0.15) is 2.85 Å². The summed E-state index contributed by atoms with van der Waals surface area (Å²) in [7, 11) is 0. The van der Waals surface area contributed by atoms with Gasteiger partial charge < -0.3 is 7.96 Å². The van der Waals surface area contributed by atoms with E-state index in [1.807, 2.05) is 0 Å². The maximum atomic E-state index is 11.0. The summed E-state index contributed by atoms with van der Waals surface area (Å²) >= 11 is 0. The summed E-state index contributed by atoms with van der Waals surface area (Å²) in [6, 6.07) is 0. The van der Waals surface area contributed by atoms with Crippen LogP contribution < -0.4 is 0 Å². The van der Waals surface area contributed by atoms with E-state index in [-0.39, 0.29) is 40.6 Å². The van der Waals surface area contributed by atoms with Crippen molar-refractivity contribution in [3.05, 3.63) is 12.4 Å². The van der Waals surface area contributed by atoms with Crippen molar-refractivity contribution >= 4 is 43.7 Å². The number of carboxylic acids is 1. The van der Waals surface area contributed by atoms with E-state index in [0.29, 0.717) is 0 Å². The van der Waals surface area contributed by atoms with Gasteiger partial charge in [0.1, 0.15) is 0 Å². The maximum Gasteiger partial charge on any atom is 2.00 e. The largest absolute Gasteiger partial charge is 2.00 e. The Bertz CT molecular complexity index is 85.8. The zero-order chi connectivity index (χ0) is 5.15. The molecule has 0 aromatic heterocycles. The first kappa shape index (κ1) is 10.4. The van der Waals surface area contributed by atoms with Gasteiger partial charge in [0.2, 0.25) is 5.83 Å². The molecule has 0 aliphatic rings. The molecule has 4 heteroatoms. The first-order valence-corrected chi connectivity index (χ1v) is 1.22. The monoisotopic (exact) mass is 132 g/mol. The number of rotatable bonds is 1. The van der Waals surface area contributed by atoms with E-state index in [0.717, 1.165) is 0 Å². The van der Waals surface area contributed by atoms with Gasteiger partial charge >= 0.3 is 43.7 Å². The summed E-state index contributed by atoms with van der Waals surface area (Å²) < 4.78 is 11.0. The molecule has 1 N–H and O–H groups in total. The second kappa shape index (κ2) is 4.56. The summed E-state index contributed by atoms with van der Waals surface area (Å²) in [6.45, 7) is 2.49. The van der Waals surface area contributed by atoms with Crippen molar-refractivity contribution in [2.75, 3.05) is 0 Å². The van der Waals surface area contributed by atoms with Crippen LogP contribution in [-0.2, 0) is 4.79 Å². The number of hydrogen-bond acceptors (Lipinski definition) is 1. The fourth-order valence-corrected chi connectivity index (χ4v) is 0. The van der Waals surface area contributed by atoms with E-state index < -0.39 is 11.8 Å². The molecular weight excluding hydrogens is 127 g/mol. The quantitative estimate of drug-likeness (QED) is 0.414. The van der Waals surface area contributed by atoms with Crippen LogP contribution in [0.4, 0.5) is 4.39 Å². The van der Waals surface area contributed by atoms with E-state index in [1.54, 1.807) is 0 Å². The van der Waals surface area contributed by atoms with Crippen LogP contribution in [0.3, 0.4) is 0 Å². The summed E-state index contributed by atoms with van der Waals surface area (Å²) in [5.41, 5.74) is 0. The number of halogens is 1. The molecule has 0 aliphatic carbocycles. The molecule has 0 fully saturated rings. The van der Waals surface area contributed by atoms with Crippen molar-refractivity contribution in [3.63, 3.8) is 0 Å². The molecule has 0 unspecified atom stereocenters. The Hall–Kier alpha value is 0.400. The number of hydrogen-bond donors (Lipinski definition) is 1. The van der Waals surface area contributed by atoms with Crippen molar-refractivity contribution in [2.24, 2.45) is 0 Å². The zero-order valence-electron chi connectivity index (χ0n) is 5.65. The molecule has 0 saturated carbocycles. The fourth-order valence-electron chi connectivity index (χ4n) is 0. The van der Waals surface area contributed by atoms with Gasteiger partial charge in [-0.25, -0.2) is 4.79 Å². The van der Waals surface area contributed by atoms with Gasteiger partial charge in [-0.15, -0.1) is 0 Å². The first-order chi connectivity index (χ1) is 2.64.